The number of pyridine rings is 2. The standard InChI is InChI=1S/C62H38N2/c1-35-13-15-41-31-45(19-17-39(41)29-35)55-49-25-27-53-59-57(49)61(47-23-21-43(33-51(47)55)37-9-5-3-6-10-37)63-54-28-26-50-56(46-20-18-40-30-36(2)14-16-42(40)32-46)52-34-44(38-11-7-4-8-12-38)22-24-48(52)62(64-53)58(50)60(54)59/h3-34H,1-2H3. The highest BCUT2D eigenvalue weighted by Gasteiger charge is 2.26. The third-order valence-electron chi connectivity index (χ3n) is 14.0. The third kappa shape index (κ3) is 5.08. The van der Waals surface area contributed by atoms with Gasteiger partial charge in [-0.1, -0.05) is 169 Å². The molecule has 0 amide bonds. The van der Waals surface area contributed by atoms with E-state index in [-0.39, 0.29) is 0 Å². The van der Waals surface area contributed by atoms with E-state index < -0.39 is 0 Å². The van der Waals surface area contributed by atoms with Crippen molar-refractivity contribution in [1.29, 1.82) is 0 Å². The van der Waals surface area contributed by atoms with Crippen LogP contribution < -0.4 is 0 Å². The predicted molar refractivity (Wildman–Crippen MR) is 273 cm³/mol. The van der Waals surface area contributed by atoms with Gasteiger partial charge in [-0.05, 0) is 138 Å². The Morgan fingerprint density at radius 3 is 1.11 bits per heavy atom. The lowest BCUT2D eigenvalue weighted by molar-refractivity contribution is 1.50. The number of aromatic nitrogens is 2. The fourth-order valence-corrected chi connectivity index (χ4v) is 11.0. The molecule has 0 N–H and O–H groups in total. The van der Waals surface area contributed by atoms with E-state index in [1.807, 2.05) is 0 Å². The molecule has 14 aromatic rings. The lowest BCUT2D eigenvalue weighted by Gasteiger charge is -2.22. The van der Waals surface area contributed by atoms with E-state index >= 15 is 0 Å². The maximum absolute atomic E-state index is 5.71. The van der Waals surface area contributed by atoms with Crippen LogP contribution in [0.2, 0.25) is 0 Å². The average Bonchev–Trinajstić information content (AvgIpc) is 3.34. The summed E-state index contributed by atoms with van der Waals surface area (Å²) in [5.41, 5.74) is 16.2. The first-order valence-electron chi connectivity index (χ1n) is 22.2. The van der Waals surface area contributed by atoms with Crippen molar-refractivity contribution in [2.45, 2.75) is 13.8 Å². The molecule has 2 heterocycles. The van der Waals surface area contributed by atoms with E-state index in [1.165, 1.54) is 120 Å². The van der Waals surface area contributed by atoms with Gasteiger partial charge in [0, 0.05) is 32.3 Å². The number of aryl methyl sites for hydroxylation is 2. The van der Waals surface area contributed by atoms with E-state index in [9.17, 15) is 0 Å². The zero-order chi connectivity index (χ0) is 42.2. The molecular formula is C62H38N2. The summed E-state index contributed by atoms with van der Waals surface area (Å²) in [5.74, 6) is 0. The highest BCUT2D eigenvalue weighted by atomic mass is 14.7. The maximum Gasteiger partial charge on any atom is 0.0801 e. The van der Waals surface area contributed by atoms with Crippen molar-refractivity contribution in [2.24, 2.45) is 0 Å². The van der Waals surface area contributed by atoms with Gasteiger partial charge in [-0.3, -0.25) is 0 Å². The first-order valence-corrected chi connectivity index (χ1v) is 22.2. The predicted octanol–water partition coefficient (Wildman–Crippen LogP) is 17.0. The normalized spacial score (nSPS) is 12.2. The quantitative estimate of drug-likeness (QED) is 0.131. The van der Waals surface area contributed by atoms with Crippen LogP contribution in [0, 0.1) is 13.8 Å². The number of fused-ring (bicyclic) bond motifs is 6. The van der Waals surface area contributed by atoms with Crippen molar-refractivity contribution in [3.05, 3.63) is 205 Å². The summed E-state index contributed by atoms with van der Waals surface area (Å²) in [5, 5.41) is 16.8. The Labute approximate surface area is 369 Å². The van der Waals surface area contributed by atoms with Gasteiger partial charge < -0.3 is 0 Å². The van der Waals surface area contributed by atoms with Crippen LogP contribution in [0.5, 0.6) is 0 Å². The lowest BCUT2D eigenvalue weighted by Crippen LogP contribution is -1.99. The van der Waals surface area contributed by atoms with Crippen molar-refractivity contribution in [3.63, 3.8) is 0 Å². The Kier molecular flexibility index (Phi) is 7.28. The SMILES string of the molecule is Cc1ccc2cc(-c3c4cc(-c5ccccc5)ccc4c4nc5ccc6c(-c7ccc8cc(C)ccc8c7)c7cc(-c8ccccc8)ccc7c7nc8ccc3c4c8c5c67)ccc2c1. The van der Waals surface area contributed by atoms with Crippen molar-refractivity contribution < 1.29 is 0 Å². The highest BCUT2D eigenvalue weighted by molar-refractivity contribution is 6.41. The van der Waals surface area contributed by atoms with Crippen LogP contribution in [0.3, 0.4) is 0 Å². The molecule has 0 saturated carbocycles. The summed E-state index contributed by atoms with van der Waals surface area (Å²) in [6.07, 6.45) is 0. The molecule has 0 spiro atoms. The molecule has 0 fully saturated rings. The molecule has 0 unspecified atom stereocenters. The molecule has 0 radical (unpaired) electrons. The van der Waals surface area contributed by atoms with Gasteiger partial charge in [-0.15, -0.1) is 0 Å². The molecule has 12 aromatic carbocycles. The molecule has 14 rings (SSSR count). The Hall–Kier alpha value is -8.20. The fourth-order valence-electron chi connectivity index (χ4n) is 11.0. The van der Waals surface area contributed by atoms with Crippen molar-refractivity contribution >= 4 is 97.5 Å². The van der Waals surface area contributed by atoms with Crippen LogP contribution in [0.25, 0.3) is 142 Å². The molecule has 296 valence electrons. The fraction of sp³-hybridized carbons (Fsp3) is 0.0323. The van der Waals surface area contributed by atoms with Gasteiger partial charge in [0.1, 0.15) is 0 Å². The monoisotopic (exact) mass is 810 g/mol. The molecule has 64 heavy (non-hydrogen) atoms. The molecule has 2 nitrogen and oxygen atoms in total. The van der Waals surface area contributed by atoms with Gasteiger partial charge in [-0.2, -0.15) is 0 Å². The van der Waals surface area contributed by atoms with Gasteiger partial charge in [0.05, 0.1) is 22.1 Å². The summed E-state index contributed by atoms with van der Waals surface area (Å²) in [7, 11) is 0. The zero-order valence-corrected chi connectivity index (χ0v) is 35.4. The molecule has 0 atom stereocenters. The molecule has 0 aliphatic rings. The second-order valence-electron chi connectivity index (χ2n) is 17.8. The first-order chi connectivity index (χ1) is 31.5. The maximum atomic E-state index is 5.71. The minimum Gasteiger partial charge on any atom is -0.247 e. The largest absolute Gasteiger partial charge is 0.247 e. The summed E-state index contributed by atoms with van der Waals surface area (Å²) < 4.78 is 0. The van der Waals surface area contributed by atoms with Crippen LogP contribution in [0.4, 0.5) is 0 Å². The third-order valence-corrected chi connectivity index (χ3v) is 14.0. The first kappa shape index (κ1) is 35.4. The second kappa shape index (κ2) is 13.2. The Balaban J connectivity index is 1.14. The van der Waals surface area contributed by atoms with Crippen LogP contribution >= 0.6 is 0 Å². The number of hydrogen-bond donors (Lipinski definition) is 0. The van der Waals surface area contributed by atoms with Crippen LogP contribution in [-0.4, -0.2) is 9.97 Å². The van der Waals surface area contributed by atoms with Crippen molar-refractivity contribution in [2.75, 3.05) is 0 Å². The number of benzene rings is 12. The number of nitrogens with zero attached hydrogens (tertiary/aromatic N) is 2. The summed E-state index contributed by atoms with van der Waals surface area (Å²) in [6.45, 7) is 4.33. The van der Waals surface area contributed by atoms with E-state index in [4.69, 9.17) is 9.97 Å². The van der Waals surface area contributed by atoms with Crippen LogP contribution in [0.15, 0.2) is 194 Å². The second-order valence-corrected chi connectivity index (χ2v) is 17.8. The van der Waals surface area contributed by atoms with Gasteiger partial charge in [-0.25, -0.2) is 9.97 Å². The van der Waals surface area contributed by atoms with Crippen molar-refractivity contribution in [1.82, 2.24) is 9.97 Å². The Bertz CT molecular complexity index is 3970. The average molecular weight is 811 g/mol. The van der Waals surface area contributed by atoms with Crippen molar-refractivity contribution in [3.8, 4) is 44.5 Å². The number of rotatable bonds is 4. The minimum atomic E-state index is 0.993. The topological polar surface area (TPSA) is 25.8 Å². The minimum absolute atomic E-state index is 0.993. The van der Waals surface area contributed by atoms with Gasteiger partial charge in [0.2, 0.25) is 0 Å². The van der Waals surface area contributed by atoms with E-state index in [0.717, 1.165) is 32.8 Å². The number of hydrogen-bond acceptors (Lipinski definition) is 2. The molecule has 0 saturated heterocycles. The van der Waals surface area contributed by atoms with Crippen LogP contribution in [-0.2, 0) is 0 Å². The van der Waals surface area contributed by atoms with E-state index in [1.54, 1.807) is 0 Å². The van der Waals surface area contributed by atoms with E-state index in [2.05, 4.69) is 208 Å². The molecule has 0 bridgehead atoms. The van der Waals surface area contributed by atoms with Gasteiger partial charge in [0.15, 0.2) is 0 Å². The van der Waals surface area contributed by atoms with Gasteiger partial charge >= 0.3 is 0 Å². The van der Waals surface area contributed by atoms with Gasteiger partial charge in [0.25, 0.3) is 0 Å². The van der Waals surface area contributed by atoms with Crippen LogP contribution in [0.1, 0.15) is 11.1 Å². The smallest absolute Gasteiger partial charge is 0.0801 e. The molecule has 2 aromatic heterocycles. The lowest BCUT2D eigenvalue weighted by atomic mass is 9.83. The molecule has 0 aliphatic heterocycles. The molecule has 2 heteroatoms. The molecule has 0 aliphatic carbocycles. The Morgan fingerprint density at radius 2 is 0.656 bits per heavy atom. The highest BCUT2D eigenvalue weighted by Crippen LogP contribution is 2.51. The molecular weight excluding hydrogens is 773 g/mol. The Morgan fingerprint density at radius 1 is 0.266 bits per heavy atom. The summed E-state index contributed by atoms with van der Waals surface area (Å²) >= 11 is 0. The summed E-state index contributed by atoms with van der Waals surface area (Å²) in [6, 6.07) is 72.0. The summed E-state index contributed by atoms with van der Waals surface area (Å²) in [4.78, 5) is 11.4. The zero-order valence-electron chi connectivity index (χ0n) is 35.4. The van der Waals surface area contributed by atoms with E-state index in [0.29, 0.717) is 0 Å².